The molecule has 1 aliphatic rings. The largest absolute Gasteiger partial charge is 0.467 e. The van der Waals surface area contributed by atoms with Crippen molar-refractivity contribution in [3.05, 3.63) is 41.2 Å². The lowest BCUT2D eigenvalue weighted by atomic mass is 10.4. The highest BCUT2D eigenvalue weighted by Crippen LogP contribution is 2.25. The molecule has 1 saturated heterocycles. The zero-order valence-corrected chi connectivity index (χ0v) is 16.1. The molecular weight excluding hydrogens is 376 g/mol. The summed E-state index contributed by atoms with van der Waals surface area (Å²) in [6, 6.07) is 7.19. The van der Waals surface area contributed by atoms with Crippen LogP contribution in [0.4, 0.5) is 0 Å². The van der Waals surface area contributed by atoms with Gasteiger partial charge in [0.1, 0.15) is 9.97 Å². The maximum atomic E-state index is 12.6. The normalized spacial score (nSPS) is 16.6. The number of rotatable bonds is 6. The number of morpholine rings is 1. The van der Waals surface area contributed by atoms with Crippen LogP contribution < -0.4 is 10.6 Å². The monoisotopic (exact) mass is 398 g/mol. The smallest absolute Gasteiger partial charge is 0.252 e. The van der Waals surface area contributed by atoms with Crippen LogP contribution in [0.5, 0.6) is 0 Å². The predicted octanol–water partition coefficient (Wildman–Crippen LogP) is 1.23. The van der Waals surface area contributed by atoms with E-state index in [1.807, 2.05) is 18.2 Å². The summed E-state index contributed by atoms with van der Waals surface area (Å²) < 4.78 is 37.6. The van der Waals surface area contributed by atoms with E-state index in [9.17, 15) is 8.42 Å². The molecule has 26 heavy (non-hydrogen) atoms. The molecule has 0 aromatic carbocycles. The number of hydrogen-bond acceptors (Lipinski definition) is 6. The number of sulfonamides is 1. The van der Waals surface area contributed by atoms with Gasteiger partial charge in [0.2, 0.25) is 0 Å². The summed E-state index contributed by atoms with van der Waals surface area (Å²) in [6.07, 6.45) is 1.62. The van der Waals surface area contributed by atoms with Crippen LogP contribution in [-0.2, 0) is 27.8 Å². The number of guanidine groups is 1. The lowest BCUT2D eigenvalue weighted by molar-refractivity contribution is 0.0731. The molecule has 0 saturated carbocycles. The molecule has 3 heterocycles. The van der Waals surface area contributed by atoms with Gasteiger partial charge in [-0.1, -0.05) is 0 Å². The van der Waals surface area contributed by atoms with Gasteiger partial charge in [0, 0.05) is 25.0 Å². The Balaban J connectivity index is 1.55. The number of aliphatic imine (C=N–C) groups is 1. The average Bonchev–Trinajstić information content (AvgIpc) is 3.35. The summed E-state index contributed by atoms with van der Waals surface area (Å²) >= 11 is 1.27. The van der Waals surface area contributed by atoms with E-state index in [1.165, 1.54) is 15.6 Å². The third-order valence-corrected chi connectivity index (χ3v) is 7.32. The lowest BCUT2D eigenvalue weighted by Crippen LogP contribution is -2.40. The highest BCUT2D eigenvalue weighted by Gasteiger charge is 2.27. The quantitative estimate of drug-likeness (QED) is 0.561. The third-order valence-electron chi connectivity index (χ3n) is 3.87. The molecule has 3 rings (SSSR count). The van der Waals surface area contributed by atoms with Gasteiger partial charge in [-0.25, -0.2) is 8.42 Å². The van der Waals surface area contributed by atoms with Gasteiger partial charge in [-0.2, -0.15) is 4.31 Å². The van der Waals surface area contributed by atoms with Gasteiger partial charge in [-0.3, -0.25) is 4.99 Å². The van der Waals surface area contributed by atoms with E-state index in [2.05, 4.69) is 15.6 Å². The van der Waals surface area contributed by atoms with E-state index in [0.717, 1.165) is 10.6 Å². The Hall–Kier alpha value is -1.88. The predicted molar refractivity (Wildman–Crippen MR) is 99.6 cm³/mol. The number of thiophene rings is 1. The first-order valence-corrected chi connectivity index (χ1v) is 10.5. The van der Waals surface area contributed by atoms with Gasteiger partial charge in [-0.05, 0) is 24.3 Å². The van der Waals surface area contributed by atoms with E-state index < -0.39 is 10.0 Å². The van der Waals surface area contributed by atoms with Crippen molar-refractivity contribution in [1.29, 1.82) is 0 Å². The Morgan fingerprint density at radius 2 is 2.00 bits per heavy atom. The Bertz CT molecular complexity index is 824. The van der Waals surface area contributed by atoms with Gasteiger partial charge in [0.15, 0.2) is 5.96 Å². The Morgan fingerprint density at radius 1 is 1.23 bits per heavy atom. The molecule has 0 unspecified atom stereocenters. The van der Waals surface area contributed by atoms with Gasteiger partial charge >= 0.3 is 0 Å². The third kappa shape index (κ3) is 4.64. The highest BCUT2D eigenvalue weighted by molar-refractivity contribution is 7.91. The van der Waals surface area contributed by atoms with Crippen molar-refractivity contribution in [2.75, 3.05) is 33.4 Å². The first-order chi connectivity index (χ1) is 12.6. The summed E-state index contributed by atoms with van der Waals surface area (Å²) in [5.41, 5.74) is 0. The fourth-order valence-corrected chi connectivity index (χ4v) is 5.34. The van der Waals surface area contributed by atoms with Crippen molar-refractivity contribution >= 4 is 27.3 Å². The highest BCUT2D eigenvalue weighted by atomic mass is 32.2. The van der Waals surface area contributed by atoms with Gasteiger partial charge < -0.3 is 19.8 Å². The first kappa shape index (κ1) is 18.9. The molecule has 2 N–H and O–H groups in total. The summed E-state index contributed by atoms with van der Waals surface area (Å²) in [7, 11) is -1.76. The molecule has 0 aliphatic carbocycles. The van der Waals surface area contributed by atoms with Gasteiger partial charge in [0.05, 0.1) is 32.6 Å². The molecular formula is C16H22N4O4S2. The summed E-state index contributed by atoms with van der Waals surface area (Å²) in [6.45, 7) is 2.69. The number of nitrogens with one attached hydrogen (secondary N) is 2. The van der Waals surface area contributed by atoms with Gasteiger partial charge in [-0.15, -0.1) is 11.3 Å². The number of nitrogens with zero attached hydrogens (tertiary/aromatic N) is 2. The van der Waals surface area contributed by atoms with E-state index in [0.29, 0.717) is 49.6 Å². The van der Waals surface area contributed by atoms with Crippen LogP contribution in [0.1, 0.15) is 10.6 Å². The number of furan rings is 1. The molecule has 0 radical (unpaired) electrons. The fourth-order valence-electron chi connectivity index (χ4n) is 2.48. The van der Waals surface area contributed by atoms with Crippen molar-refractivity contribution in [2.45, 2.75) is 17.3 Å². The van der Waals surface area contributed by atoms with Crippen LogP contribution in [0, 0.1) is 0 Å². The van der Waals surface area contributed by atoms with Crippen LogP contribution in [0.25, 0.3) is 0 Å². The Labute approximate surface area is 156 Å². The SMILES string of the molecule is CN=C(NCc1ccco1)NCc1ccc(S(=O)(=O)N2CCOCC2)s1. The van der Waals surface area contributed by atoms with Crippen LogP contribution in [0.15, 0.2) is 44.1 Å². The zero-order chi connectivity index (χ0) is 18.4. The minimum Gasteiger partial charge on any atom is -0.467 e. The molecule has 2 aromatic rings. The minimum absolute atomic E-state index is 0.356. The zero-order valence-electron chi connectivity index (χ0n) is 14.5. The standard InChI is InChI=1S/C16H22N4O4S2/c1-17-16(18-11-13-3-2-8-24-13)19-12-14-4-5-15(25-14)26(21,22)20-6-9-23-10-7-20/h2-5,8H,6-7,9-12H2,1H3,(H2,17,18,19). The molecule has 0 bridgehead atoms. The second-order valence-electron chi connectivity index (χ2n) is 5.60. The van der Waals surface area contributed by atoms with Crippen LogP contribution in [0.3, 0.4) is 0 Å². The molecule has 1 fully saturated rings. The van der Waals surface area contributed by atoms with Crippen LogP contribution >= 0.6 is 11.3 Å². The van der Waals surface area contributed by atoms with Crippen molar-refractivity contribution in [3.8, 4) is 0 Å². The molecule has 0 spiro atoms. The van der Waals surface area contributed by atoms with Crippen molar-refractivity contribution < 1.29 is 17.6 Å². The van der Waals surface area contributed by atoms with E-state index in [4.69, 9.17) is 9.15 Å². The number of hydrogen-bond donors (Lipinski definition) is 2. The van der Waals surface area contributed by atoms with E-state index in [1.54, 1.807) is 19.4 Å². The Morgan fingerprint density at radius 3 is 2.69 bits per heavy atom. The topological polar surface area (TPSA) is 96.2 Å². The molecule has 0 amide bonds. The van der Waals surface area contributed by atoms with Gasteiger partial charge in [0.25, 0.3) is 10.0 Å². The minimum atomic E-state index is -3.44. The molecule has 1 aliphatic heterocycles. The summed E-state index contributed by atoms with van der Waals surface area (Å²) in [4.78, 5) is 5.06. The van der Waals surface area contributed by atoms with E-state index in [-0.39, 0.29) is 0 Å². The molecule has 2 aromatic heterocycles. The summed E-state index contributed by atoms with van der Waals surface area (Å²) in [5, 5.41) is 6.31. The first-order valence-electron chi connectivity index (χ1n) is 8.23. The lowest BCUT2D eigenvalue weighted by Gasteiger charge is -2.25. The number of ether oxygens (including phenoxy) is 1. The maximum Gasteiger partial charge on any atom is 0.252 e. The second kappa shape index (κ2) is 8.67. The second-order valence-corrected chi connectivity index (χ2v) is 8.93. The van der Waals surface area contributed by atoms with Crippen LogP contribution in [-0.4, -0.2) is 52.0 Å². The van der Waals surface area contributed by atoms with Crippen molar-refractivity contribution in [1.82, 2.24) is 14.9 Å². The van der Waals surface area contributed by atoms with Crippen molar-refractivity contribution in [3.63, 3.8) is 0 Å². The maximum absolute atomic E-state index is 12.6. The summed E-state index contributed by atoms with van der Waals surface area (Å²) in [5.74, 6) is 1.43. The average molecular weight is 399 g/mol. The molecule has 142 valence electrons. The molecule has 8 nitrogen and oxygen atoms in total. The van der Waals surface area contributed by atoms with Crippen LogP contribution in [0.2, 0.25) is 0 Å². The Kier molecular flexibility index (Phi) is 6.30. The van der Waals surface area contributed by atoms with Crippen molar-refractivity contribution in [2.24, 2.45) is 4.99 Å². The molecule has 10 heteroatoms. The molecule has 0 atom stereocenters. The fraction of sp³-hybridized carbons (Fsp3) is 0.438. The van der Waals surface area contributed by atoms with E-state index >= 15 is 0 Å².